The van der Waals surface area contributed by atoms with Crippen molar-refractivity contribution in [2.24, 2.45) is 5.73 Å². The van der Waals surface area contributed by atoms with Gasteiger partial charge in [-0.3, -0.25) is 19.5 Å². The predicted octanol–water partition coefficient (Wildman–Crippen LogP) is 0.744. The van der Waals surface area contributed by atoms with Gasteiger partial charge < -0.3 is 5.73 Å². The monoisotopic (exact) mass is 338 g/mol. The Balaban J connectivity index is 2.23. The van der Waals surface area contributed by atoms with Gasteiger partial charge in [-0.15, -0.1) is 0 Å². The van der Waals surface area contributed by atoms with Crippen LogP contribution in [-0.2, 0) is 11.3 Å². The topological polar surface area (TPSA) is 107 Å². The number of nitrogens with two attached hydrogens (primary N) is 1. The zero-order valence-corrected chi connectivity index (χ0v) is 11.9. The van der Waals surface area contributed by atoms with E-state index in [1.807, 2.05) is 5.32 Å². The number of benzene rings is 1. The van der Waals surface area contributed by atoms with E-state index < -0.39 is 11.9 Å². The first-order valence-corrected chi connectivity index (χ1v) is 6.50. The summed E-state index contributed by atoms with van der Waals surface area (Å²) < 4.78 is 2.09. The zero-order chi connectivity index (χ0) is 14.7. The van der Waals surface area contributed by atoms with E-state index in [0.29, 0.717) is 10.9 Å². The van der Waals surface area contributed by atoms with Gasteiger partial charge in [-0.2, -0.15) is 0 Å². The molecule has 2 rings (SSSR count). The SMILES string of the molecule is NC(=O)NC(=O)CCn1cnc2ccc(Br)cc2c1=O. The van der Waals surface area contributed by atoms with Crippen LogP contribution in [0.25, 0.3) is 10.9 Å². The lowest BCUT2D eigenvalue weighted by Crippen LogP contribution is -2.36. The largest absolute Gasteiger partial charge is 0.351 e. The second-order valence-electron chi connectivity index (χ2n) is 4.07. The van der Waals surface area contributed by atoms with Crippen LogP contribution in [-0.4, -0.2) is 21.5 Å². The first-order chi connectivity index (χ1) is 9.47. The van der Waals surface area contributed by atoms with E-state index in [1.54, 1.807) is 18.2 Å². The highest BCUT2D eigenvalue weighted by Crippen LogP contribution is 2.14. The van der Waals surface area contributed by atoms with Crippen LogP contribution in [0.1, 0.15) is 6.42 Å². The average Bonchev–Trinajstić information content (AvgIpc) is 2.38. The lowest BCUT2D eigenvalue weighted by atomic mass is 10.2. The summed E-state index contributed by atoms with van der Waals surface area (Å²) in [6, 6.07) is 4.28. The summed E-state index contributed by atoms with van der Waals surface area (Å²) in [6.07, 6.45) is 1.33. The van der Waals surface area contributed by atoms with E-state index >= 15 is 0 Å². The minimum absolute atomic E-state index is 0.0377. The van der Waals surface area contributed by atoms with Crippen LogP contribution in [0.3, 0.4) is 0 Å². The summed E-state index contributed by atoms with van der Waals surface area (Å²) in [6.45, 7) is 0.118. The molecule has 0 atom stereocenters. The number of rotatable bonds is 3. The maximum absolute atomic E-state index is 12.2. The Morgan fingerprint density at radius 2 is 2.15 bits per heavy atom. The van der Waals surface area contributed by atoms with E-state index in [9.17, 15) is 14.4 Å². The maximum Gasteiger partial charge on any atom is 0.318 e. The Labute approximate surface area is 121 Å². The minimum atomic E-state index is -0.914. The Morgan fingerprint density at radius 3 is 2.85 bits per heavy atom. The lowest BCUT2D eigenvalue weighted by molar-refractivity contribution is -0.120. The number of fused-ring (bicyclic) bond motifs is 1. The van der Waals surface area contributed by atoms with Gasteiger partial charge in [0, 0.05) is 17.4 Å². The third-order valence-corrected chi connectivity index (χ3v) is 3.12. The molecule has 0 aliphatic carbocycles. The third kappa shape index (κ3) is 3.21. The summed E-state index contributed by atoms with van der Waals surface area (Å²) in [5, 5.41) is 2.39. The van der Waals surface area contributed by atoms with Crippen LogP contribution in [0.2, 0.25) is 0 Å². The van der Waals surface area contributed by atoms with Gasteiger partial charge in [0.15, 0.2) is 0 Å². The predicted molar refractivity (Wildman–Crippen MR) is 76.0 cm³/mol. The molecular weight excluding hydrogens is 328 g/mol. The molecule has 20 heavy (non-hydrogen) atoms. The second-order valence-corrected chi connectivity index (χ2v) is 4.98. The van der Waals surface area contributed by atoms with Crippen LogP contribution in [0.4, 0.5) is 4.79 Å². The molecule has 7 nitrogen and oxygen atoms in total. The molecule has 1 heterocycles. The number of aryl methyl sites for hydroxylation is 1. The van der Waals surface area contributed by atoms with Crippen LogP contribution in [0.15, 0.2) is 33.8 Å². The molecule has 3 amide bonds. The van der Waals surface area contributed by atoms with Crippen LogP contribution in [0, 0.1) is 0 Å². The molecule has 0 bridgehead atoms. The molecule has 0 fully saturated rings. The van der Waals surface area contributed by atoms with E-state index in [4.69, 9.17) is 5.73 Å². The van der Waals surface area contributed by atoms with E-state index in [1.165, 1.54) is 10.9 Å². The third-order valence-electron chi connectivity index (χ3n) is 2.63. The standard InChI is InChI=1S/C12H11BrN4O3/c13-7-1-2-9-8(5-7)11(19)17(6-15-9)4-3-10(18)16-12(14)20/h1-2,5-6H,3-4H2,(H3,14,16,18,20). The van der Waals surface area contributed by atoms with Gasteiger partial charge in [-0.05, 0) is 18.2 Å². The Kier molecular flexibility index (Phi) is 4.14. The van der Waals surface area contributed by atoms with Crippen molar-refractivity contribution >= 4 is 38.8 Å². The Bertz CT molecular complexity index is 741. The number of urea groups is 1. The first kappa shape index (κ1) is 14.2. The van der Waals surface area contributed by atoms with Gasteiger partial charge in [0.2, 0.25) is 5.91 Å². The van der Waals surface area contributed by atoms with Crippen molar-refractivity contribution in [3.05, 3.63) is 39.4 Å². The highest BCUT2D eigenvalue weighted by molar-refractivity contribution is 9.10. The number of imide groups is 1. The number of nitrogens with zero attached hydrogens (tertiary/aromatic N) is 2. The number of carbonyl (C=O) groups is 2. The van der Waals surface area contributed by atoms with Gasteiger partial charge in [0.25, 0.3) is 5.56 Å². The first-order valence-electron chi connectivity index (χ1n) is 5.71. The van der Waals surface area contributed by atoms with Gasteiger partial charge in [0.05, 0.1) is 17.2 Å². The van der Waals surface area contributed by atoms with E-state index in [-0.39, 0.29) is 18.5 Å². The molecule has 0 aliphatic heterocycles. The smallest absolute Gasteiger partial charge is 0.318 e. The molecule has 0 radical (unpaired) electrons. The van der Waals surface area contributed by atoms with E-state index in [2.05, 4.69) is 20.9 Å². The summed E-state index contributed by atoms with van der Waals surface area (Å²) in [5.74, 6) is -0.543. The summed E-state index contributed by atoms with van der Waals surface area (Å²) in [7, 11) is 0. The van der Waals surface area contributed by atoms with Crippen molar-refractivity contribution in [3.8, 4) is 0 Å². The summed E-state index contributed by atoms with van der Waals surface area (Å²) in [5.41, 5.74) is 5.16. The normalized spacial score (nSPS) is 10.4. The van der Waals surface area contributed by atoms with Gasteiger partial charge in [-0.25, -0.2) is 9.78 Å². The average molecular weight is 339 g/mol. The fraction of sp³-hybridized carbons (Fsp3) is 0.167. The molecule has 0 saturated heterocycles. The van der Waals surface area contributed by atoms with Crippen molar-refractivity contribution < 1.29 is 9.59 Å². The number of nitrogens with one attached hydrogen (secondary N) is 1. The lowest BCUT2D eigenvalue weighted by Gasteiger charge is -2.06. The van der Waals surface area contributed by atoms with Gasteiger partial charge in [-0.1, -0.05) is 15.9 Å². The van der Waals surface area contributed by atoms with Gasteiger partial charge >= 0.3 is 6.03 Å². The number of primary amides is 1. The number of hydrogen-bond acceptors (Lipinski definition) is 4. The van der Waals surface area contributed by atoms with Gasteiger partial charge in [0.1, 0.15) is 0 Å². The molecule has 104 valence electrons. The minimum Gasteiger partial charge on any atom is -0.351 e. The summed E-state index contributed by atoms with van der Waals surface area (Å²) >= 11 is 3.29. The molecule has 0 spiro atoms. The molecule has 1 aromatic heterocycles. The van der Waals surface area contributed by atoms with Crippen LogP contribution < -0.4 is 16.6 Å². The Hall–Kier alpha value is -2.22. The molecule has 3 N–H and O–H groups in total. The number of amides is 3. The number of carbonyl (C=O) groups excluding carboxylic acids is 2. The second kappa shape index (κ2) is 5.83. The van der Waals surface area contributed by atoms with Crippen molar-refractivity contribution in [2.75, 3.05) is 0 Å². The maximum atomic E-state index is 12.2. The van der Waals surface area contributed by atoms with E-state index in [0.717, 1.165) is 4.47 Å². The molecule has 0 aliphatic rings. The van der Waals surface area contributed by atoms with Crippen molar-refractivity contribution in [1.82, 2.24) is 14.9 Å². The van der Waals surface area contributed by atoms with Crippen LogP contribution in [0.5, 0.6) is 0 Å². The highest BCUT2D eigenvalue weighted by atomic mass is 79.9. The molecule has 8 heteroatoms. The Morgan fingerprint density at radius 1 is 1.40 bits per heavy atom. The number of halogens is 1. The quantitative estimate of drug-likeness (QED) is 0.860. The molecule has 0 unspecified atom stereocenters. The van der Waals surface area contributed by atoms with Crippen molar-refractivity contribution in [2.45, 2.75) is 13.0 Å². The summed E-state index contributed by atoms with van der Waals surface area (Å²) in [4.78, 5) is 38.1. The number of hydrogen-bond donors (Lipinski definition) is 2. The fourth-order valence-corrected chi connectivity index (χ4v) is 2.07. The van der Waals surface area contributed by atoms with Crippen LogP contribution >= 0.6 is 15.9 Å². The zero-order valence-electron chi connectivity index (χ0n) is 10.3. The van der Waals surface area contributed by atoms with Crippen molar-refractivity contribution in [3.63, 3.8) is 0 Å². The molecular formula is C12H11BrN4O3. The number of aromatic nitrogens is 2. The highest BCUT2D eigenvalue weighted by Gasteiger charge is 2.08. The molecule has 1 aromatic carbocycles. The molecule has 2 aromatic rings. The van der Waals surface area contributed by atoms with Crippen molar-refractivity contribution in [1.29, 1.82) is 0 Å². The molecule has 0 saturated carbocycles. The fourth-order valence-electron chi connectivity index (χ4n) is 1.71.